The average Bonchev–Trinajstić information content (AvgIpc) is 3.03. The Labute approximate surface area is 126 Å². The third-order valence-corrected chi connectivity index (χ3v) is 3.15. The summed E-state index contributed by atoms with van der Waals surface area (Å²) >= 11 is 0. The summed E-state index contributed by atoms with van der Waals surface area (Å²) in [7, 11) is 0. The van der Waals surface area contributed by atoms with Crippen LogP contribution < -0.4 is 4.74 Å². The van der Waals surface area contributed by atoms with Crippen molar-refractivity contribution in [3.63, 3.8) is 0 Å². The second-order valence-electron chi connectivity index (χ2n) is 4.72. The molecule has 112 valence electrons. The maximum atomic E-state index is 12.9. The van der Waals surface area contributed by atoms with Crippen LogP contribution in [0.1, 0.15) is 11.5 Å². The Morgan fingerprint density at radius 2 is 1.77 bits per heavy atom. The van der Waals surface area contributed by atoms with Gasteiger partial charge in [0.15, 0.2) is 12.4 Å². The predicted molar refractivity (Wildman–Crippen MR) is 78.6 cm³/mol. The Balaban J connectivity index is 1.65. The summed E-state index contributed by atoms with van der Waals surface area (Å²) in [6.07, 6.45) is 1.58. The molecule has 22 heavy (non-hydrogen) atoms. The Bertz CT molecular complexity index is 735. The molecule has 0 spiro atoms. The van der Waals surface area contributed by atoms with Crippen LogP contribution in [0, 0.1) is 5.82 Å². The SMILES string of the molecule is OCc1ccc(OCc2ncc(-c3ccc(F)cc3)o2)cc1. The molecule has 4 nitrogen and oxygen atoms in total. The van der Waals surface area contributed by atoms with E-state index in [1.165, 1.54) is 12.1 Å². The molecule has 3 aromatic rings. The molecule has 0 aliphatic rings. The Hall–Kier alpha value is -2.66. The van der Waals surface area contributed by atoms with Gasteiger partial charge in [-0.2, -0.15) is 0 Å². The molecule has 3 rings (SSSR count). The van der Waals surface area contributed by atoms with Crippen molar-refractivity contribution in [2.75, 3.05) is 0 Å². The van der Waals surface area contributed by atoms with Crippen LogP contribution in [0.2, 0.25) is 0 Å². The Morgan fingerprint density at radius 3 is 2.45 bits per heavy atom. The Morgan fingerprint density at radius 1 is 1.05 bits per heavy atom. The van der Waals surface area contributed by atoms with E-state index >= 15 is 0 Å². The van der Waals surface area contributed by atoms with Crippen molar-refractivity contribution in [3.8, 4) is 17.1 Å². The van der Waals surface area contributed by atoms with Crippen molar-refractivity contribution in [2.24, 2.45) is 0 Å². The number of ether oxygens (including phenoxy) is 1. The van der Waals surface area contributed by atoms with Crippen molar-refractivity contribution in [1.82, 2.24) is 4.98 Å². The van der Waals surface area contributed by atoms with E-state index in [9.17, 15) is 4.39 Å². The lowest BCUT2D eigenvalue weighted by atomic mass is 10.2. The van der Waals surface area contributed by atoms with Crippen molar-refractivity contribution in [1.29, 1.82) is 0 Å². The molecule has 5 heteroatoms. The molecule has 0 unspecified atom stereocenters. The number of hydrogen-bond donors (Lipinski definition) is 1. The lowest BCUT2D eigenvalue weighted by Gasteiger charge is -2.04. The van der Waals surface area contributed by atoms with Crippen molar-refractivity contribution in [2.45, 2.75) is 13.2 Å². The lowest BCUT2D eigenvalue weighted by Crippen LogP contribution is -1.95. The molecule has 0 saturated carbocycles. The van der Waals surface area contributed by atoms with Gasteiger partial charge in [0.05, 0.1) is 12.8 Å². The monoisotopic (exact) mass is 299 g/mol. The van der Waals surface area contributed by atoms with Gasteiger partial charge in [-0.05, 0) is 42.0 Å². The number of nitrogens with zero attached hydrogens (tertiary/aromatic N) is 1. The van der Waals surface area contributed by atoms with Gasteiger partial charge in [-0.15, -0.1) is 0 Å². The number of aromatic nitrogens is 1. The third-order valence-electron chi connectivity index (χ3n) is 3.15. The molecule has 1 N–H and O–H groups in total. The maximum Gasteiger partial charge on any atom is 0.232 e. The van der Waals surface area contributed by atoms with Gasteiger partial charge in [-0.3, -0.25) is 0 Å². The van der Waals surface area contributed by atoms with Crippen molar-refractivity contribution >= 4 is 0 Å². The molecule has 0 bridgehead atoms. The molecule has 0 saturated heterocycles. The summed E-state index contributed by atoms with van der Waals surface area (Å²) < 4.78 is 24.0. The number of oxazole rings is 1. The van der Waals surface area contributed by atoms with Crippen LogP contribution in [0.15, 0.2) is 59.1 Å². The zero-order valence-corrected chi connectivity index (χ0v) is 11.7. The minimum atomic E-state index is -0.293. The molecule has 0 radical (unpaired) electrons. The van der Waals surface area contributed by atoms with Gasteiger partial charge in [-0.1, -0.05) is 12.1 Å². The Kier molecular flexibility index (Phi) is 4.16. The van der Waals surface area contributed by atoms with E-state index in [0.717, 1.165) is 11.1 Å². The van der Waals surface area contributed by atoms with Crippen LogP contribution in [0.3, 0.4) is 0 Å². The number of rotatable bonds is 5. The fraction of sp³-hybridized carbons (Fsp3) is 0.118. The van der Waals surface area contributed by atoms with Crippen LogP contribution in [0.5, 0.6) is 5.75 Å². The van der Waals surface area contributed by atoms with Gasteiger partial charge < -0.3 is 14.3 Å². The average molecular weight is 299 g/mol. The molecule has 0 aliphatic heterocycles. The van der Waals surface area contributed by atoms with E-state index in [-0.39, 0.29) is 19.0 Å². The molecule has 0 amide bonds. The van der Waals surface area contributed by atoms with Crippen LogP contribution >= 0.6 is 0 Å². The van der Waals surface area contributed by atoms with E-state index in [0.29, 0.717) is 17.4 Å². The summed E-state index contributed by atoms with van der Waals surface area (Å²) in [5.41, 5.74) is 1.58. The fourth-order valence-corrected chi connectivity index (χ4v) is 1.96. The third kappa shape index (κ3) is 3.32. The first-order valence-electron chi connectivity index (χ1n) is 6.78. The molecule has 0 atom stereocenters. The van der Waals surface area contributed by atoms with Gasteiger partial charge in [0, 0.05) is 5.56 Å². The first-order chi connectivity index (χ1) is 10.7. The zero-order valence-electron chi connectivity index (χ0n) is 11.7. The van der Waals surface area contributed by atoms with Crippen molar-refractivity contribution in [3.05, 3.63) is 72.0 Å². The summed E-state index contributed by atoms with van der Waals surface area (Å²) in [5.74, 6) is 1.37. The van der Waals surface area contributed by atoms with E-state index in [4.69, 9.17) is 14.3 Å². The van der Waals surface area contributed by atoms with Gasteiger partial charge in [0.25, 0.3) is 0 Å². The minimum Gasteiger partial charge on any atom is -0.484 e. The van der Waals surface area contributed by atoms with E-state index < -0.39 is 0 Å². The highest BCUT2D eigenvalue weighted by atomic mass is 19.1. The molecule has 1 aromatic heterocycles. The smallest absolute Gasteiger partial charge is 0.232 e. The van der Waals surface area contributed by atoms with Gasteiger partial charge in [-0.25, -0.2) is 9.37 Å². The number of benzene rings is 2. The normalized spacial score (nSPS) is 10.6. The van der Waals surface area contributed by atoms with Gasteiger partial charge in [0.1, 0.15) is 11.6 Å². The number of hydrogen-bond acceptors (Lipinski definition) is 4. The minimum absolute atomic E-state index is 0.00104. The maximum absolute atomic E-state index is 12.9. The summed E-state index contributed by atoms with van der Waals surface area (Å²) in [6.45, 7) is 0.195. The molecule has 0 aliphatic carbocycles. The fourth-order valence-electron chi connectivity index (χ4n) is 1.96. The number of aliphatic hydroxyl groups excluding tert-OH is 1. The standard InChI is InChI=1S/C17H14FNO3/c18-14-5-3-13(4-6-14)16-9-19-17(22-16)11-21-15-7-1-12(10-20)2-8-15/h1-9,20H,10-11H2. The molecular weight excluding hydrogens is 285 g/mol. The summed E-state index contributed by atoms with van der Waals surface area (Å²) in [6, 6.07) is 13.1. The molecular formula is C17H14FNO3. The number of aliphatic hydroxyl groups is 1. The van der Waals surface area contributed by atoms with Crippen LogP contribution in [0.4, 0.5) is 4.39 Å². The van der Waals surface area contributed by atoms with E-state index in [1.807, 2.05) is 0 Å². The summed E-state index contributed by atoms with van der Waals surface area (Å²) in [5, 5.41) is 8.98. The first kappa shape index (κ1) is 14.3. The molecule has 1 heterocycles. The largest absolute Gasteiger partial charge is 0.484 e. The van der Waals surface area contributed by atoms with E-state index in [2.05, 4.69) is 4.98 Å². The second-order valence-corrected chi connectivity index (χ2v) is 4.72. The highest BCUT2D eigenvalue weighted by Crippen LogP contribution is 2.21. The highest BCUT2D eigenvalue weighted by Gasteiger charge is 2.07. The van der Waals surface area contributed by atoms with Crippen molar-refractivity contribution < 1.29 is 18.7 Å². The zero-order chi connectivity index (χ0) is 15.4. The highest BCUT2D eigenvalue weighted by molar-refractivity contribution is 5.55. The van der Waals surface area contributed by atoms with Gasteiger partial charge in [0.2, 0.25) is 5.89 Å². The lowest BCUT2D eigenvalue weighted by molar-refractivity contribution is 0.263. The first-order valence-corrected chi connectivity index (χ1v) is 6.78. The van der Waals surface area contributed by atoms with Gasteiger partial charge >= 0.3 is 0 Å². The quantitative estimate of drug-likeness (QED) is 0.782. The molecule has 2 aromatic carbocycles. The van der Waals surface area contributed by atoms with Crippen LogP contribution in [0.25, 0.3) is 11.3 Å². The topological polar surface area (TPSA) is 55.5 Å². The predicted octanol–water partition coefficient (Wildman–Crippen LogP) is 3.55. The van der Waals surface area contributed by atoms with E-state index in [1.54, 1.807) is 42.6 Å². The molecule has 0 fully saturated rings. The van der Waals surface area contributed by atoms with Crippen LogP contribution in [-0.2, 0) is 13.2 Å². The summed E-state index contributed by atoms with van der Waals surface area (Å²) in [4.78, 5) is 4.14. The second kappa shape index (κ2) is 6.41. The van der Waals surface area contributed by atoms with Crippen LogP contribution in [-0.4, -0.2) is 10.1 Å². The number of halogens is 1.